The molecule has 1 N–H and O–H groups in total. The molecule has 0 spiro atoms. The van der Waals surface area contributed by atoms with Crippen LogP contribution in [0.2, 0.25) is 0 Å². The van der Waals surface area contributed by atoms with E-state index in [4.69, 9.17) is 4.84 Å². The molecule has 0 unspecified atom stereocenters. The molecule has 0 aliphatic rings. The Morgan fingerprint density at radius 1 is 1.12 bits per heavy atom. The van der Waals surface area contributed by atoms with Gasteiger partial charge < -0.3 is 5.32 Å². The van der Waals surface area contributed by atoms with Gasteiger partial charge in [0.25, 0.3) is 0 Å². The number of para-hydroxylation sites is 1. The zero-order valence-corrected chi connectivity index (χ0v) is 9.71. The molecular formula is C14H15N2O+. The normalized spacial score (nSPS) is 10.4. The van der Waals surface area contributed by atoms with Crippen LogP contribution in [-0.2, 0) is 0 Å². The van der Waals surface area contributed by atoms with E-state index in [2.05, 4.69) is 5.32 Å². The smallest absolute Gasteiger partial charge is 0.229 e. The van der Waals surface area contributed by atoms with Crippen molar-refractivity contribution in [1.29, 1.82) is 0 Å². The second-order valence-electron chi connectivity index (χ2n) is 3.52. The van der Waals surface area contributed by atoms with E-state index in [1.54, 1.807) is 11.8 Å². The fourth-order valence-electron chi connectivity index (χ4n) is 1.45. The number of anilines is 1. The monoisotopic (exact) mass is 227 g/mol. The van der Waals surface area contributed by atoms with Gasteiger partial charge in [-0.1, -0.05) is 18.2 Å². The van der Waals surface area contributed by atoms with Crippen molar-refractivity contribution in [2.45, 2.75) is 0 Å². The van der Waals surface area contributed by atoms with E-state index in [1.165, 1.54) is 0 Å². The first-order valence-corrected chi connectivity index (χ1v) is 5.42. The Bertz CT molecular complexity index is 495. The minimum Gasteiger partial charge on any atom is -0.362 e. The van der Waals surface area contributed by atoms with E-state index in [9.17, 15) is 0 Å². The summed E-state index contributed by atoms with van der Waals surface area (Å²) in [6.45, 7) is 0. The number of nitrogens with zero attached hydrogens (tertiary/aromatic N) is 1. The zero-order chi connectivity index (χ0) is 11.9. The van der Waals surface area contributed by atoms with Crippen LogP contribution in [-0.4, -0.2) is 7.11 Å². The molecule has 0 aliphatic heterocycles. The average molecular weight is 227 g/mol. The fourth-order valence-corrected chi connectivity index (χ4v) is 1.45. The molecule has 0 radical (unpaired) electrons. The van der Waals surface area contributed by atoms with Gasteiger partial charge in [0.05, 0.1) is 0 Å². The van der Waals surface area contributed by atoms with Crippen molar-refractivity contribution in [1.82, 2.24) is 0 Å². The van der Waals surface area contributed by atoms with Crippen LogP contribution in [0.25, 0.3) is 6.08 Å². The molecule has 1 aromatic heterocycles. The van der Waals surface area contributed by atoms with Crippen molar-refractivity contribution < 1.29 is 9.57 Å². The standard InChI is InChI=1S/C14H15N2O/c1-17-16-11-5-6-13(12-16)9-10-15-14-7-3-2-4-8-14/h2-12,15H,1H3/q+1. The van der Waals surface area contributed by atoms with Crippen LogP contribution in [0.1, 0.15) is 5.56 Å². The van der Waals surface area contributed by atoms with Crippen LogP contribution in [0, 0.1) is 0 Å². The first-order chi connectivity index (χ1) is 8.38. The lowest BCUT2D eigenvalue weighted by Gasteiger charge is -1.98. The Balaban J connectivity index is 2.00. The number of hydrogen-bond donors (Lipinski definition) is 1. The lowest BCUT2D eigenvalue weighted by Crippen LogP contribution is -2.39. The molecule has 3 heteroatoms. The number of hydrogen-bond acceptors (Lipinski definition) is 2. The Morgan fingerprint density at radius 3 is 2.71 bits per heavy atom. The molecular weight excluding hydrogens is 212 g/mol. The highest BCUT2D eigenvalue weighted by Crippen LogP contribution is 2.05. The first-order valence-electron chi connectivity index (χ1n) is 5.42. The largest absolute Gasteiger partial charge is 0.362 e. The predicted molar refractivity (Wildman–Crippen MR) is 68.2 cm³/mol. The van der Waals surface area contributed by atoms with Gasteiger partial charge in [-0.3, -0.25) is 4.84 Å². The average Bonchev–Trinajstić information content (AvgIpc) is 2.40. The molecule has 0 saturated heterocycles. The highest BCUT2D eigenvalue weighted by Gasteiger charge is 1.97. The number of nitrogens with one attached hydrogen (secondary N) is 1. The lowest BCUT2D eigenvalue weighted by atomic mass is 10.3. The molecule has 2 aromatic rings. The third-order valence-electron chi connectivity index (χ3n) is 2.31. The minimum absolute atomic E-state index is 1.07. The number of aromatic nitrogens is 1. The summed E-state index contributed by atoms with van der Waals surface area (Å²) in [5.41, 5.74) is 2.14. The summed E-state index contributed by atoms with van der Waals surface area (Å²) in [6, 6.07) is 14.0. The second-order valence-corrected chi connectivity index (χ2v) is 3.52. The van der Waals surface area contributed by atoms with Gasteiger partial charge in [0.15, 0.2) is 0 Å². The molecule has 0 fully saturated rings. The zero-order valence-electron chi connectivity index (χ0n) is 9.71. The molecule has 3 nitrogen and oxygen atoms in total. The van der Waals surface area contributed by atoms with Crippen molar-refractivity contribution in [2.75, 3.05) is 12.4 Å². The maximum atomic E-state index is 5.08. The van der Waals surface area contributed by atoms with Crippen molar-refractivity contribution in [3.8, 4) is 0 Å². The van der Waals surface area contributed by atoms with Gasteiger partial charge in [-0.05, 0) is 24.3 Å². The highest BCUT2D eigenvalue weighted by atomic mass is 16.6. The van der Waals surface area contributed by atoms with Crippen LogP contribution >= 0.6 is 0 Å². The SMILES string of the molecule is CO[n+]1cccc(C=CNc2ccccc2)c1. The van der Waals surface area contributed by atoms with Gasteiger partial charge >= 0.3 is 0 Å². The predicted octanol–water partition coefficient (Wildman–Crippen LogP) is 2.12. The molecule has 17 heavy (non-hydrogen) atoms. The number of benzene rings is 1. The molecule has 0 bridgehead atoms. The summed E-state index contributed by atoms with van der Waals surface area (Å²) in [6.07, 6.45) is 7.65. The molecule has 0 atom stereocenters. The van der Waals surface area contributed by atoms with Crippen molar-refractivity contribution >= 4 is 11.8 Å². The Hall–Kier alpha value is -2.29. The van der Waals surface area contributed by atoms with Crippen LogP contribution < -0.4 is 14.9 Å². The van der Waals surface area contributed by atoms with E-state index in [-0.39, 0.29) is 0 Å². The topological polar surface area (TPSA) is 25.1 Å². The molecule has 0 saturated carbocycles. The maximum Gasteiger partial charge on any atom is 0.229 e. The summed E-state index contributed by atoms with van der Waals surface area (Å²) in [4.78, 5) is 5.08. The molecule has 2 rings (SSSR count). The summed E-state index contributed by atoms with van der Waals surface area (Å²) < 4.78 is 1.65. The van der Waals surface area contributed by atoms with Gasteiger partial charge in [0.2, 0.25) is 12.4 Å². The van der Waals surface area contributed by atoms with Crippen LogP contribution in [0.15, 0.2) is 61.1 Å². The van der Waals surface area contributed by atoms with Gasteiger partial charge in [-0.15, -0.1) is 0 Å². The van der Waals surface area contributed by atoms with E-state index in [0.29, 0.717) is 0 Å². The summed E-state index contributed by atoms with van der Waals surface area (Å²) in [5.74, 6) is 0. The summed E-state index contributed by atoms with van der Waals surface area (Å²) in [5, 5.41) is 3.20. The van der Waals surface area contributed by atoms with Crippen LogP contribution in [0.3, 0.4) is 0 Å². The van der Waals surface area contributed by atoms with E-state index < -0.39 is 0 Å². The Kier molecular flexibility index (Phi) is 3.76. The lowest BCUT2D eigenvalue weighted by molar-refractivity contribution is -0.885. The van der Waals surface area contributed by atoms with Crippen molar-refractivity contribution in [3.63, 3.8) is 0 Å². The molecule has 0 amide bonds. The van der Waals surface area contributed by atoms with Crippen LogP contribution in [0.4, 0.5) is 5.69 Å². The van der Waals surface area contributed by atoms with Gasteiger partial charge in [-0.2, -0.15) is 0 Å². The highest BCUT2D eigenvalue weighted by molar-refractivity contribution is 5.53. The molecule has 86 valence electrons. The first kappa shape index (κ1) is 11.2. The minimum atomic E-state index is 1.07. The molecule has 1 aromatic carbocycles. The van der Waals surface area contributed by atoms with Gasteiger partial charge in [0.1, 0.15) is 7.11 Å². The van der Waals surface area contributed by atoms with Gasteiger partial charge in [0, 0.05) is 28.2 Å². The molecule has 1 heterocycles. The third-order valence-corrected chi connectivity index (χ3v) is 2.31. The van der Waals surface area contributed by atoms with Crippen LogP contribution in [0.5, 0.6) is 0 Å². The van der Waals surface area contributed by atoms with E-state index >= 15 is 0 Å². The Morgan fingerprint density at radius 2 is 1.94 bits per heavy atom. The number of rotatable bonds is 4. The maximum absolute atomic E-state index is 5.08. The van der Waals surface area contributed by atoms with Crippen molar-refractivity contribution in [3.05, 3.63) is 66.6 Å². The second kappa shape index (κ2) is 5.70. The van der Waals surface area contributed by atoms with E-state index in [0.717, 1.165) is 11.3 Å². The van der Waals surface area contributed by atoms with E-state index in [1.807, 2.05) is 67.1 Å². The fraction of sp³-hybridized carbons (Fsp3) is 0.0714. The van der Waals surface area contributed by atoms with Crippen molar-refractivity contribution in [2.24, 2.45) is 0 Å². The summed E-state index contributed by atoms with van der Waals surface area (Å²) in [7, 11) is 1.63. The quantitative estimate of drug-likeness (QED) is 0.809. The number of pyridine rings is 1. The van der Waals surface area contributed by atoms with Gasteiger partial charge in [-0.25, -0.2) is 0 Å². The molecule has 0 aliphatic carbocycles. The Labute approximate surface area is 101 Å². The third kappa shape index (κ3) is 3.34. The summed E-state index contributed by atoms with van der Waals surface area (Å²) >= 11 is 0.